The van der Waals surface area contributed by atoms with Gasteiger partial charge in [0.25, 0.3) is 5.91 Å². The van der Waals surface area contributed by atoms with Crippen LogP contribution in [0.3, 0.4) is 0 Å². The van der Waals surface area contributed by atoms with Gasteiger partial charge in [-0.05, 0) is 37.1 Å². The lowest BCUT2D eigenvalue weighted by Crippen LogP contribution is -2.38. The number of sulfonamides is 1. The van der Waals surface area contributed by atoms with Crippen molar-refractivity contribution in [2.75, 3.05) is 26.2 Å². The van der Waals surface area contributed by atoms with Crippen molar-refractivity contribution >= 4 is 27.3 Å². The Morgan fingerprint density at radius 3 is 2.48 bits per heavy atom. The molecule has 1 amide bonds. The van der Waals surface area contributed by atoms with Crippen LogP contribution >= 0.6 is 11.3 Å². The van der Waals surface area contributed by atoms with Gasteiger partial charge in [-0.1, -0.05) is 0 Å². The summed E-state index contributed by atoms with van der Waals surface area (Å²) in [6, 6.07) is 3.77. The molecule has 0 aliphatic carbocycles. The van der Waals surface area contributed by atoms with Gasteiger partial charge in [0, 0.05) is 32.1 Å². The largest absolute Gasteiger partial charge is 0.338 e. The molecule has 2 fully saturated rings. The van der Waals surface area contributed by atoms with Gasteiger partial charge >= 0.3 is 0 Å². The summed E-state index contributed by atoms with van der Waals surface area (Å²) in [6.45, 7) is 2.08. The Hall–Kier alpha value is -1.43. The van der Waals surface area contributed by atoms with Crippen molar-refractivity contribution in [3.05, 3.63) is 16.3 Å². The third kappa shape index (κ3) is 3.13. The lowest BCUT2D eigenvalue weighted by Gasteiger charge is -2.29. The van der Waals surface area contributed by atoms with Crippen LogP contribution in [0.2, 0.25) is 0 Å². The standard InChI is InChI=1S/C15H19N3O3S2/c16-11-12-3-8-17(9-4-12)15(19)14-13(5-10-22-14)23(20,21)18-6-1-2-7-18/h5,10,12H,1-4,6-9H2. The van der Waals surface area contributed by atoms with Crippen LogP contribution in [0.15, 0.2) is 16.3 Å². The molecule has 8 heteroatoms. The first-order valence-corrected chi connectivity index (χ1v) is 10.1. The van der Waals surface area contributed by atoms with Crippen LogP contribution in [0.1, 0.15) is 35.4 Å². The molecule has 0 aromatic carbocycles. The minimum atomic E-state index is -3.58. The second kappa shape index (κ2) is 6.59. The lowest BCUT2D eigenvalue weighted by molar-refractivity contribution is 0.0708. The second-order valence-corrected chi connectivity index (χ2v) is 8.74. The van der Waals surface area contributed by atoms with E-state index in [0.717, 1.165) is 12.8 Å². The average molecular weight is 353 g/mol. The van der Waals surface area contributed by atoms with E-state index < -0.39 is 10.0 Å². The fourth-order valence-corrected chi connectivity index (χ4v) is 5.96. The third-order valence-electron chi connectivity index (χ3n) is 4.47. The molecule has 0 saturated carbocycles. The van der Waals surface area contributed by atoms with Gasteiger partial charge < -0.3 is 4.90 Å². The number of nitrogens with zero attached hydrogens (tertiary/aromatic N) is 3. The first-order valence-electron chi connectivity index (χ1n) is 7.80. The Labute approximate surface area is 140 Å². The molecule has 3 heterocycles. The van der Waals surface area contributed by atoms with E-state index in [2.05, 4.69) is 6.07 Å². The maximum atomic E-state index is 12.7. The number of likely N-dealkylation sites (tertiary alicyclic amines) is 1. The summed E-state index contributed by atoms with van der Waals surface area (Å²) < 4.78 is 26.9. The van der Waals surface area contributed by atoms with Crippen molar-refractivity contribution in [3.8, 4) is 6.07 Å². The van der Waals surface area contributed by atoms with Gasteiger partial charge in [-0.2, -0.15) is 9.57 Å². The number of carbonyl (C=O) groups is 1. The van der Waals surface area contributed by atoms with Crippen molar-refractivity contribution in [3.63, 3.8) is 0 Å². The van der Waals surface area contributed by atoms with Crippen molar-refractivity contribution in [1.82, 2.24) is 9.21 Å². The molecular formula is C15H19N3O3S2. The number of piperidine rings is 1. The Morgan fingerprint density at radius 2 is 1.87 bits per heavy atom. The van der Waals surface area contributed by atoms with E-state index in [4.69, 9.17) is 5.26 Å². The van der Waals surface area contributed by atoms with Crippen LogP contribution < -0.4 is 0 Å². The summed E-state index contributed by atoms with van der Waals surface area (Å²) in [4.78, 5) is 14.8. The van der Waals surface area contributed by atoms with E-state index in [9.17, 15) is 13.2 Å². The predicted molar refractivity (Wildman–Crippen MR) is 86.6 cm³/mol. The summed E-state index contributed by atoms with van der Waals surface area (Å²) >= 11 is 1.18. The Bertz CT molecular complexity index is 721. The number of carbonyl (C=O) groups excluding carboxylic acids is 1. The molecule has 0 radical (unpaired) electrons. The second-order valence-electron chi connectivity index (χ2n) is 5.92. The normalized spacial score (nSPS) is 20.6. The minimum Gasteiger partial charge on any atom is -0.338 e. The SMILES string of the molecule is N#CC1CCN(C(=O)c2sccc2S(=O)(=O)N2CCCC2)CC1. The van der Waals surface area contributed by atoms with Gasteiger partial charge in [0.05, 0.1) is 6.07 Å². The number of rotatable bonds is 3. The Balaban J connectivity index is 1.81. The molecule has 1 aromatic rings. The van der Waals surface area contributed by atoms with Crippen LogP contribution in [0, 0.1) is 17.2 Å². The number of thiophene rings is 1. The maximum absolute atomic E-state index is 12.7. The van der Waals surface area contributed by atoms with Gasteiger partial charge in [0.1, 0.15) is 9.77 Å². The molecule has 6 nitrogen and oxygen atoms in total. The number of amides is 1. The summed E-state index contributed by atoms with van der Waals surface area (Å²) in [5.74, 6) is -0.232. The number of nitriles is 1. The van der Waals surface area contributed by atoms with E-state index in [-0.39, 0.29) is 16.7 Å². The fraction of sp³-hybridized carbons (Fsp3) is 0.600. The molecule has 0 bridgehead atoms. The zero-order valence-electron chi connectivity index (χ0n) is 12.8. The van der Waals surface area contributed by atoms with Crippen molar-refractivity contribution in [2.24, 2.45) is 5.92 Å². The molecule has 3 rings (SSSR count). The fourth-order valence-electron chi connectivity index (χ4n) is 3.08. The molecule has 124 valence electrons. The lowest BCUT2D eigenvalue weighted by atomic mass is 9.98. The molecule has 1 aromatic heterocycles. The van der Waals surface area contributed by atoms with Crippen LogP contribution in [0.25, 0.3) is 0 Å². The smallest absolute Gasteiger partial charge is 0.265 e. The van der Waals surface area contributed by atoms with Crippen molar-refractivity contribution in [1.29, 1.82) is 5.26 Å². The van der Waals surface area contributed by atoms with Crippen molar-refractivity contribution < 1.29 is 13.2 Å². The highest BCUT2D eigenvalue weighted by atomic mass is 32.2. The topological polar surface area (TPSA) is 81.5 Å². The molecule has 0 atom stereocenters. The van der Waals surface area contributed by atoms with E-state index >= 15 is 0 Å². The molecule has 0 unspecified atom stereocenters. The maximum Gasteiger partial charge on any atom is 0.265 e. The summed E-state index contributed by atoms with van der Waals surface area (Å²) in [6.07, 6.45) is 3.05. The first-order chi connectivity index (χ1) is 11.0. The monoisotopic (exact) mass is 353 g/mol. The summed E-state index contributed by atoms with van der Waals surface area (Å²) in [5.41, 5.74) is 0. The zero-order valence-corrected chi connectivity index (χ0v) is 14.4. The molecule has 2 aliphatic rings. The number of hydrogen-bond donors (Lipinski definition) is 0. The molecule has 0 N–H and O–H groups in total. The quantitative estimate of drug-likeness (QED) is 0.831. The molecule has 23 heavy (non-hydrogen) atoms. The minimum absolute atomic E-state index is 0.00445. The van der Waals surface area contributed by atoms with E-state index in [0.29, 0.717) is 43.9 Å². The Morgan fingerprint density at radius 1 is 1.22 bits per heavy atom. The molecule has 2 saturated heterocycles. The van der Waals surface area contributed by atoms with E-state index in [1.807, 2.05) is 0 Å². The third-order valence-corrected chi connectivity index (χ3v) is 7.44. The van der Waals surface area contributed by atoms with Crippen LogP contribution in [-0.2, 0) is 10.0 Å². The average Bonchev–Trinajstić information content (AvgIpc) is 3.25. The summed E-state index contributed by atoms with van der Waals surface area (Å²) in [5, 5.41) is 10.6. The van der Waals surface area contributed by atoms with E-state index in [1.165, 1.54) is 21.7 Å². The highest BCUT2D eigenvalue weighted by Crippen LogP contribution is 2.29. The zero-order chi connectivity index (χ0) is 16.4. The van der Waals surface area contributed by atoms with Crippen LogP contribution in [0.5, 0.6) is 0 Å². The predicted octanol–water partition coefficient (Wildman–Crippen LogP) is 1.91. The highest BCUT2D eigenvalue weighted by molar-refractivity contribution is 7.89. The van der Waals surface area contributed by atoms with Gasteiger partial charge in [-0.15, -0.1) is 11.3 Å². The van der Waals surface area contributed by atoms with E-state index in [1.54, 1.807) is 10.3 Å². The molecular weight excluding hydrogens is 334 g/mol. The van der Waals surface area contributed by atoms with Crippen LogP contribution in [-0.4, -0.2) is 49.7 Å². The van der Waals surface area contributed by atoms with Gasteiger partial charge in [-0.25, -0.2) is 8.42 Å². The highest BCUT2D eigenvalue weighted by Gasteiger charge is 2.34. The van der Waals surface area contributed by atoms with Gasteiger partial charge in [0.2, 0.25) is 10.0 Å². The Kier molecular flexibility index (Phi) is 4.71. The number of hydrogen-bond acceptors (Lipinski definition) is 5. The van der Waals surface area contributed by atoms with Crippen LogP contribution in [0.4, 0.5) is 0 Å². The molecule has 2 aliphatic heterocycles. The first kappa shape index (κ1) is 16.4. The summed E-state index contributed by atoms with van der Waals surface area (Å²) in [7, 11) is -3.58. The van der Waals surface area contributed by atoms with Crippen molar-refractivity contribution in [2.45, 2.75) is 30.6 Å². The van der Waals surface area contributed by atoms with Gasteiger partial charge in [-0.3, -0.25) is 4.79 Å². The van der Waals surface area contributed by atoms with Gasteiger partial charge in [0.15, 0.2) is 0 Å². The molecule has 0 spiro atoms.